The summed E-state index contributed by atoms with van der Waals surface area (Å²) in [5.74, 6) is 0. The Labute approximate surface area is 90.6 Å². The first-order chi connectivity index (χ1) is 6.66. The zero-order valence-corrected chi connectivity index (χ0v) is 9.30. The standard InChI is InChI=1S/C10H10BrNO2/c1-6-2-3-7(4-8(6)11)9-5-14-10(13)12-9/h2-4,9H,5H2,1H3,(H,12,13)/t9-/m1/s1. The van der Waals surface area contributed by atoms with E-state index in [1.807, 2.05) is 25.1 Å². The average molecular weight is 256 g/mol. The van der Waals surface area contributed by atoms with Crippen molar-refractivity contribution in [3.63, 3.8) is 0 Å². The lowest BCUT2D eigenvalue weighted by Crippen LogP contribution is -2.18. The van der Waals surface area contributed by atoms with Gasteiger partial charge in [0.25, 0.3) is 0 Å². The normalized spacial score (nSPS) is 20.4. The Morgan fingerprint density at radius 1 is 1.57 bits per heavy atom. The molecule has 1 aliphatic heterocycles. The van der Waals surface area contributed by atoms with Crippen LogP contribution >= 0.6 is 15.9 Å². The van der Waals surface area contributed by atoms with Crippen LogP contribution in [0.3, 0.4) is 0 Å². The first-order valence-electron chi connectivity index (χ1n) is 4.36. The van der Waals surface area contributed by atoms with Gasteiger partial charge in [-0.15, -0.1) is 0 Å². The van der Waals surface area contributed by atoms with Gasteiger partial charge in [-0.05, 0) is 24.1 Å². The highest BCUT2D eigenvalue weighted by Crippen LogP contribution is 2.24. The number of carbonyl (C=O) groups is 1. The molecule has 4 heteroatoms. The third-order valence-corrected chi connectivity index (χ3v) is 3.13. The molecule has 14 heavy (non-hydrogen) atoms. The number of ether oxygens (including phenoxy) is 1. The quantitative estimate of drug-likeness (QED) is 0.838. The summed E-state index contributed by atoms with van der Waals surface area (Å²) in [5, 5.41) is 2.73. The van der Waals surface area contributed by atoms with Crippen molar-refractivity contribution in [1.82, 2.24) is 5.32 Å². The second-order valence-corrected chi connectivity index (χ2v) is 4.16. The summed E-state index contributed by atoms with van der Waals surface area (Å²) in [6, 6.07) is 6.01. The number of carbonyl (C=O) groups excluding carboxylic acids is 1. The molecule has 0 bridgehead atoms. The van der Waals surface area contributed by atoms with Gasteiger partial charge < -0.3 is 10.1 Å². The van der Waals surface area contributed by atoms with E-state index in [1.165, 1.54) is 5.56 Å². The number of aryl methyl sites for hydroxylation is 1. The Hall–Kier alpha value is -1.03. The van der Waals surface area contributed by atoms with Crippen molar-refractivity contribution in [2.24, 2.45) is 0 Å². The second-order valence-electron chi connectivity index (χ2n) is 3.30. The van der Waals surface area contributed by atoms with Gasteiger partial charge in [-0.1, -0.05) is 28.1 Å². The van der Waals surface area contributed by atoms with Crippen LogP contribution < -0.4 is 5.32 Å². The molecule has 2 rings (SSSR count). The molecule has 0 spiro atoms. The molecule has 1 aliphatic rings. The minimum absolute atomic E-state index is 0.0144. The van der Waals surface area contributed by atoms with Crippen LogP contribution in [0.1, 0.15) is 17.2 Å². The zero-order valence-electron chi connectivity index (χ0n) is 7.71. The van der Waals surface area contributed by atoms with Crippen molar-refractivity contribution < 1.29 is 9.53 Å². The molecule has 0 saturated carbocycles. The van der Waals surface area contributed by atoms with E-state index >= 15 is 0 Å². The van der Waals surface area contributed by atoms with Crippen molar-refractivity contribution >= 4 is 22.0 Å². The van der Waals surface area contributed by atoms with Crippen LogP contribution in [-0.2, 0) is 4.74 Å². The average Bonchev–Trinajstić information content (AvgIpc) is 2.57. The Morgan fingerprint density at radius 3 is 2.93 bits per heavy atom. The highest BCUT2D eigenvalue weighted by molar-refractivity contribution is 9.10. The van der Waals surface area contributed by atoms with Gasteiger partial charge in [-0.3, -0.25) is 0 Å². The zero-order chi connectivity index (χ0) is 10.1. The van der Waals surface area contributed by atoms with Gasteiger partial charge in [0.05, 0.1) is 6.04 Å². The minimum atomic E-state index is -0.341. The summed E-state index contributed by atoms with van der Waals surface area (Å²) in [7, 11) is 0. The van der Waals surface area contributed by atoms with E-state index in [2.05, 4.69) is 21.2 Å². The van der Waals surface area contributed by atoms with Gasteiger partial charge in [0, 0.05) is 4.47 Å². The fourth-order valence-electron chi connectivity index (χ4n) is 1.39. The Kier molecular flexibility index (Phi) is 2.46. The SMILES string of the molecule is Cc1ccc([C@H]2COC(=O)N2)cc1Br. The van der Waals surface area contributed by atoms with E-state index in [1.54, 1.807) is 0 Å². The molecule has 1 aromatic carbocycles. The maximum absolute atomic E-state index is 10.8. The second kappa shape index (κ2) is 3.61. The Bertz CT molecular complexity index is 378. The molecule has 1 heterocycles. The molecular formula is C10H10BrNO2. The van der Waals surface area contributed by atoms with E-state index in [4.69, 9.17) is 4.74 Å². The fraction of sp³-hybridized carbons (Fsp3) is 0.300. The van der Waals surface area contributed by atoms with Crippen molar-refractivity contribution in [2.75, 3.05) is 6.61 Å². The van der Waals surface area contributed by atoms with Gasteiger partial charge in [0.2, 0.25) is 0 Å². The van der Waals surface area contributed by atoms with Gasteiger partial charge in [0.1, 0.15) is 6.61 Å². The van der Waals surface area contributed by atoms with Crippen LogP contribution in [0.2, 0.25) is 0 Å². The predicted molar refractivity (Wildman–Crippen MR) is 56.1 cm³/mol. The van der Waals surface area contributed by atoms with Gasteiger partial charge >= 0.3 is 6.09 Å². The number of amides is 1. The summed E-state index contributed by atoms with van der Waals surface area (Å²) in [6.45, 7) is 2.44. The van der Waals surface area contributed by atoms with E-state index in [-0.39, 0.29) is 12.1 Å². The molecule has 3 nitrogen and oxygen atoms in total. The van der Waals surface area contributed by atoms with Crippen molar-refractivity contribution in [3.05, 3.63) is 33.8 Å². The molecule has 1 atom stereocenters. The molecular weight excluding hydrogens is 246 g/mol. The topological polar surface area (TPSA) is 38.3 Å². The van der Waals surface area contributed by atoms with Gasteiger partial charge in [-0.25, -0.2) is 4.79 Å². The maximum atomic E-state index is 10.8. The summed E-state index contributed by atoms with van der Waals surface area (Å²) < 4.78 is 5.88. The third kappa shape index (κ3) is 1.75. The van der Waals surface area contributed by atoms with E-state index in [9.17, 15) is 4.79 Å². The molecule has 1 amide bonds. The summed E-state index contributed by atoms with van der Waals surface area (Å²) in [5.41, 5.74) is 2.24. The highest BCUT2D eigenvalue weighted by atomic mass is 79.9. The number of nitrogens with one attached hydrogen (secondary N) is 1. The number of cyclic esters (lactones) is 1. The van der Waals surface area contributed by atoms with Crippen LogP contribution in [0.15, 0.2) is 22.7 Å². The number of rotatable bonds is 1. The molecule has 0 radical (unpaired) electrons. The number of hydrogen-bond acceptors (Lipinski definition) is 2. The summed E-state index contributed by atoms with van der Waals surface area (Å²) in [6.07, 6.45) is -0.341. The molecule has 0 unspecified atom stereocenters. The number of benzene rings is 1. The first-order valence-corrected chi connectivity index (χ1v) is 5.15. The van der Waals surface area contributed by atoms with Crippen LogP contribution in [0.5, 0.6) is 0 Å². The van der Waals surface area contributed by atoms with Crippen LogP contribution in [0, 0.1) is 6.92 Å². The first kappa shape index (κ1) is 9.52. The van der Waals surface area contributed by atoms with Crippen molar-refractivity contribution in [3.8, 4) is 0 Å². The fourth-order valence-corrected chi connectivity index (χ4v) is 1.79. The lowest BCUT2D eigenvalue weighted by molar-refractivity contribution is 0.177. The Balaban J connectivity index is 2.24. The molecule has 1 fully saturated rings. The third-order valence-electron chi connectivity index (χ3n) is 2.27. The lowest BCUT2D eigenvalue weighted by atomic mass is 10.1. The molecule has 1 N–H and O–H groups in total. The van der Waals surface area contributed by atoms with Crippen LogP contribution in [0.25, 0.3) is 0 Å². The molecule has 0 aromatic heterocycles. The molecule has 0 aliphatic carbocycles. The van der Waals surface area contributed by atoms with Crippen LogP contribution in [0.4, 0.5) is 4.79 Å². The van der Waals surface area contributed by atoms with Crippen molar-refractivity contribution in [1.29, 1.82) is 0 Å². The van der Waals surface area contributed by atoms with E-state index in [0.29, 0.717) is 6.61 Å². The largest absolute Gasteiger partial charge is 0.447 e. The van der Waals surface area contributed by atoms with Gasteiger partial charge in [-0.2, -0.15) is 0 Å². The molecule has 74 valence electrons. The van der Waals surface area contributed by atoms with Crippen LogP contribution in [-0.4, -0.2) is 12.7 Å². The van der Waals surface area contributed by atoms with Crippen molar-refractivity contribution in [2.45, 2.75) is 13.0 Å². The predicted octanol–water partition coefficient (Wildman–Crippen LogP) is 2.54. The number of hydrogen-bond donors (Lipinski definition) is 1. The van der Waals surface area contributed by atoms with E-state index in [0.717, 1.165) is 10.0 Å². The number of alkyl carbamates (subject to hydrolysis) is 1. The summed E-state index contributed by atoms with van der Waals surface area (Å²) in [4.78, 5) is 10.8. The smallest absolute Gasteiger partial charge is 0.407 e. The molecule has 1 aromatic rings. The summed E-state index contributed by atoms with van der Waals surface area (Å²) >= 11 is 3.45. The Morgan fingerprint density at radius 2 is 2.36 bits per heavy atom. The van der Waals surface area contributed by atoms with Gasteiger partial charge in [0.15, 0.2) is 0 Å². The maximum Gasteiger partial charge on any atom is 0.407 e. The lowest BCUT2D eigenvalue weighted by Gasteiger charge is -2.08. The highest BCUT2D eigenvalue weighted by Gasteiger charge is 2.23. The molecule has 1 saturated heterocycles. The minimum Gasteiger partial charge on any atom is -0.447 e. The number of halogens is 1. The monoisotopic (exact) mass is 255 g/mol. The van der Waals surface area contributed by atoms with E-state index < -0.39 is 0 Å².